The van der Waals surface area contributed by atoms with E-state index in [1.807, 2.05) is 25.1 Å². The molecule has 3 rings (SSSR count). The zero-order valence-electron chi connectivity index (χ0n) is 17.5. The summed E-state index contributed by atoms with van der Waals surface area (Å²) in [6.07, 6.45) is 0. The molecule has 0 heterocycles. The van der Waals surface area contributed by atoms with Crippen LogP contribution in [0.4, 0.5) is 5.69 Å². The number of rotatable bonds is 8. The summed E-state index contributed by atoms with van der Waals surface area (Å²) < 4.78 is 38.4. The summed E-state index contributed by atoms with van der Waals surface area (Å²) in [4.78, 5) is 12.6. The number of hydrogen-bond acceptors (Lipinski definition) is 5. The van der Waals surface area contributed by atoms with Gasteiger partial charge in [0, 0.05) is 17.8 Å². The summed E-state index contributed by atoms with van der Waals surface area (Å²) >= 11 is 0. The molecule has 3 aromatic rings. The van der Waals surface area contributed by atoms with Crippen LogP contribution in [0.25, 0.3) is 0 Å². The number of carbonyl (C=O) groups excluding carboxylic acids is 1. The van der Waals surface area contributed by atoms with Crippen LogP contribution in [0.1, 0.15) is 21.5 Å². The topological polar surface area (TPSA) is 93.7 Å². The average molecular weight is 441 g/mol. The largest absolute Gasteiger partial charge is 0.493 e. The molecule has 0 radical (unpaired) electrons. The van der Waals surface area contributed by atoms with Crippen molar-refractivity contribution in [2.75, 3.05) is 18.9 Å². The normalized spacial score (nSPS) is 10.9. The number of benzene rings is 3. The van der Waals surface area contributed by atoms with E-state index in [2.05, 4.69) is 10.0 Å². The molecule has 0 atom stereocenters. The van der Waals surface area contributed by atoms with Crippen molar-refractivity contribution in [1.29, 1.82) is 0 Å². The number of amides is 1. The molecule has 31 heavy (non-hydrogen) atoms. The second-order valence-corrected chi connectivity index (χ2v) is 8.55. The van der Waals surface area contributed by atoms with Gasteiger partial charge in [-0.25, -0.2) is 8.42 Å². The summed E-state index contributed by atoms with van der Waals surface area (Å²) in [5.41, 5.74) is 2.54. The lowest BCUT2D eigenvalue weighted by molar-refractivity contribution is 0.0950. The standard InChI is InChI=1S/C23H24N2O5S/c1-16-7-10-19(11-8-16)25-31(27,28)20-6-4-5-18(14-20)23(26)24-15-17-9-12-21(29-2)22(13-17)30-3/h4-14,25H,15H2,1-3H3,(H,24,26). The molecule has 2 N–H and O–H groups in total. The van der Waals surface area contributed by atoms with Crippen LogP contribution < -0.4 is 19.5 Å². The minimum Gasteiger partial charge on any atom is -0.493 e. The first kappa shape index (κ1) is 22.2. The van der Waals surface area contributed by atoms with Crippen LogP contribution in [-0.4, -0.2) is 28.5 Å². The zero-order chi connectivity index (χ0) is 22.4. The van der Waals surface area contributed by atoms with E-state index in [0.717, 1.165) is 11.1 Å². The molecule has 0 aliphatic heterocycles. The van der Waals surface area contributed by atoms with Gasteiger partial charge in [0.2, 0.25) is 0 Å². The summed E-state index contributed by atoms with van der Waals surface area (Å²) in [5.74, 6) is 0.767. The van der Waals surface area contributed by atoms with Crippen molar-refractivity contribution in [3.8, 4) is 11.5 Å². The summed E-state index contributed by atoms with van der Waals surface area (Å²) in [6.45, 7) is 2.17. The van der Waals surface area contributed by atoms with Crippen molar-refractivity contribution in [2.24, 2.45) is 0 Å². The molecule has 0 spiro atoms. The van der Waals surface area contributed by atoms with E-state index < -0.39 is 10.0 Å². The number of anilines is 1. The van der Waals surface area contributed by atoms with Crippen LogP contribution in [0.15, 0.2) is 71.6 Å². The molecule has 0 fully saturated rings. The van der Waals surface area contributed by atoms with Crippen molar-refractivity contribution >= 4 is 21.6 Å². The van der Waals surface area contributed by atoms with E-state index in [1.165, 1.54) is 25.3 Å². The predicted molar refractivity (Wildman–Crippen MR) is 119 cm³/mol. The number of methoxy groups -OCH3 is 2. The van der Waals surface area contributed by atoms with Gasteiger partial charge in [-0.05, 0) is 55.0 Å². The maximum absolute atomic E-state index is 12.7. The van der Waals surface area contributed by atoms with Gasteiger partial charge in [0.1, 0.15) is 0 Å². The minimum absolute atomic E-state index is 0.00633. The quantitative estimate of drug-likeness (QED) is 0.557. The fourth-order valence-corrected chi connectivity index (χ4v) is 4.02. The van der Waals surface area contributed by atoms with Gasteiger partial charge < -0.3 is 14.8 Å². The third kappa shape index (κ3) is 5.55. The Bertz CT molecular complexity index is 1170. The van der Waals surface area contributed by atoms with Gasteiger partial charge >= 0.3 is 0 Å². The van der Waals surface area contributed by atoms with E-state index in [1.54, 1.807) is 37.4 Å². The molecular weight excluding hydrogens is 416 g/mol. The molecule has 0 aliphatic carbocycles. The van der Waals surface area contributed by atoms with Gasteiger partial charge in [-0.3, -0.25) is 9.52 Å². The first-order valence-corrected chi connectivity index (χ1v) is 11.0. The SMILES string of the molecule is COc1ccc(CNC(=O)c2cccc(S(=O)(=O)Nc3ccc(C)cc3)c2)cc1OC. The molecule has 0 bridgehead atoms. The highest BCUT2D eigenvalue weighted by molar-refractivity contribution is 7.92. The Morgan fingerprint density at radius 1 is 0.903 bits per heavy atom. The van der Waals surface area contributed by atoms with Gasteiger partial charge in [-0.1, -0.05) is 29.8 Å². The molecule has 162 valence electrons. The highest BCUT2D eigenvalue weighted by atomic mass is 32.2. The van der Waals surface area contributed by atoms with Crippen LogP contribution in [0, 0.1) is 6.92 Å². The molecule has 0 aromatic heterocycles. The molecule has 0 saturated heterocycles. The molecule has 3 aromatic carbocycles. The zero-order valence-corrected chi connectivity index (χ0v) is 18.3. The van der Waals surface area contributed by atoms with Crippen molar-refractivity contribution in [1.82, 2.24) is 5.32 Å². The maximum Gasteiger partial charge on any atom is 0.261 e. The second kappa shape index (κ2) is 9.53. The van der Waals surface area contributed by atoms with Crippen molar-refractivity contribution < 1.29 is 22.7 Å². The smallest absolute Gasteiger partial charge is 0.261 e. The van der Waals surface area contributed by atoms with Crippen LogP contribution in [0.5, 0.6) is 11.5 Å². The van der Waals surface area contributed by atoms with E-state index in [4.69, 9.17) is 9.47 Å². The highest BCUT2D eigenvalue weighted by Crippen LogP contribution is 2.27. The molecule has 8 heteroatoms. The molecule has 0 unspecified atom stereocenters. The predicted octanol–water partition coefficient (Wildman–Crippen LogP) is 3.74. The number of aryl methyl sites for hydroxylation is 1. The first-order chi connectivity index (χ1) is 14.8. The highest BCUT2D eigenvalue weighted by Gasteiger charge is 2.17. The molecule has 0 saturated carbocycles. The Kier molecular flexibility index (Phi) is 6.81. The number of nitrogens with one attached hydrogen (secondary N) is 2. The van der Waals surface area contributed by atoms with Crippen molar-refractivity contribution in [2.45, 2.75) is 18.4 Å². The van der Waals surface area contributed by atoms with Crippen molar-refractivity contribution in [3.63, 3.8) is 0 Å². The third-order valence-corrected chi connectivity index (χ3v) is 5.99. The molecule has 7 nitrogen and oxygen atoms in total. The lowest BCUT2D eigenvalue weighted by atomic mass is 10.1. The summed E-state index contributed by atoms with van der Waals surface area (Å²) in [7, 11) is -0.738. The fourth-order valence-electron chi connectivity index (χ4n) is 2.92. The van der Waals surface area contributed by atoms with E-state index in [-0.39, 0.29) is 22.9 Å². The minimum atomic E-state index is -3.83. The first-order valence-electron chi connectivity index (χ1n) is 9.51. The monoisotopic (exact) mass is 440 g/mol. The van der Waals surface area contributed by atoms with Crippen LogP contribution in [0.3, 0.4) is 0 Å². The van der Waals surface area contributed by atoms with Gasteiger partial charge in [0.05, 0.1) is 19.1 Å². The Labute approximate surface area is 182 Å². The average Bonchev–Trinajstić information content (AvgIpc) is 2.78. The van der Waals surface area contributed by atoms with Crippen LogP contribution in [0.2, 0.25) is 0 Å². The Hall–Kier alpha value is -3.52. The number of carbonyl (C=O) groups is 1. The molecule has 1 amide bonds. The van der Waals surface area contributed by atoms with E-state index in [9.17, 15) is 13.2 Å². The van der Waals surface area contributed by atoms with E-state index >= 15 is 0 Å². The van der Waals surface area contributed by atoms with Gasteiger partial charge in [-0.2, -0.15) is 0 Å². The fraction of sp³-hybridized carbons (Fsp3) is 0.174. The van der Waals surface area contributed by atoms with Gasteiger partial charge in [-0.15, -0.1) is 0 Å². The molecular formula is C23H24N2O5S. The van der Waals surface area contributed by atoms with Crippen molar-refractivity contribution in [3.05, 3.63) is 83.4 Å². The third-order valence-electron chi connectivity index (χ3n) is 4.61. The maximum atomic E-state index is 12.7. The second-order valence-electron chi connectivity index (χ2n) is 6.87. The number of sulfonamides is 1. The molecule has 0 aliphatic rings. The number of hydrogen-bond donors (Lipinski definition) is 2. The Balaban J connectivity index is 1.71. The van der Waals surface area contributed by atoms with Gasteiger partial charge in [0.15, 0.2) is 11.5 Å². The Morgan fingerprint density at radius 3 is 2.29 bits per heavy atom. The number of ether oxygens (including phenoxy) is 2. The van der Waals surface area contributed by atoms with Crippen LogP contribution in [-0.2, 0) is 16.6 Å². The lowest BCUT2D eigenvalue weighted by Gasteiger charge is -2.11. The lowest BCUT2D eigenvalue weighted by Crippen LogP contribution is -2.23. The van der Waals surface area contributed by atoms with Gasteiger partial charge in [0.25, 0.3) is 15.9 Å². The van der Waals surface area contributed by atoms with Crippen LogP contribution >= 0.6 is 0 Å². The summed E-state index contributed by atoms with van der Waals surface area (Å²) in [6, 6.07) is 18.2. The summed E-state index contributed by atoms with van der Waals surface area (Å²) in [5, 5.41) is 2.79. The Morgan fingerprint density at radius 2 is 1.61 bits per heavy atom. The van der Waals surface area contributed by atoms with E-state index in [0.29, 0.717) is 17.2 Å².